The summed E-state index contributed by atoms with van der Waals surface area (Å²) >= 11 is 0. The Balaban J connectivity index is 2.73. The third-order valence-electron chi connectivity index (χ3n) is 2.42. The molecule has 1 unspecified atom stereocenters. The SMILES string of the molecule is COC(=O)OC(=O)CC(C[N+](=O)[O-])c1ccccc1. The molecule has 0 heterocycles. The summed E-state index contributed by atoms with van der Waals surface area (Å²) in [5.41, 5.74) is 0.640. The molecule has 0 bridgehead atoms. The summed E-state index contributed by atoms with van der Waals surface area (Å²) in [7, 11) is 1.07. The zero-order chi connectivity index (χ0) is 14.3. The maximum absolute atomic E-state index is 11.4. The van der Waals surface area contributed by atoms with Gasteiger partial charge in [-0.1, -0.05) is 30.3 Å². The van der Waals surface area contributed by atoms with Crippen molar-refractivity contribution >= 4 is 12.1 Å². The van der Waals surface area contributed by atoms with Gasteiger partial charge >= 0.3 is 12.1 Å². The molecule has 0 spiro atoms. The van der Waals surface area contributed by atoms with E-state index in [0.717, 1.165) is 7.11 Å². The second-order valence-corrected chi connectivity index (χ2v) is 3.76. The zero-order valence-electron chi connectivity index (χ0n) is 10.3. The highest BCUT2D eigenvalue weighted by Crippen LogP contribution is 2.20. The van der Waals surface area contributed by atoms with E-state index in [1.807, 2.05) is 0 Å². The monoisotopic (exact) mass is 267 g/mol. The van der Waals surface area contributed by atoms with Crippen LogP contribution in [0.2, 0.25) is 0 Å². The number of carbonyl (C=O) groups is 2. The van der Waals surface area contributed by atoms with Crippen molar-refractivity contribution in [1.82, 2.24) is 0 Å². The van der Waals surface area contributed by atoms with Crippen LogP contribution in [-0.4, -0.2) is 30.7 Å². The molecule has 19 heavy (non-hydrogen) atoms. The summed E-state index contributed by atoms with van der Waals surface area (Å²) in [6, 6.07) is 8.56. The van der Waals surface area contributed by atoms with Crippen LogP contribution in [0.4, 0.5) is 4.79 Å². The van der Waals surface area contributed by atoms with Crippen molar-refractivity contribution in [2.45, 2.75) is 12.3 Å². The van der Waals surface area contributed by atoms with E-state index in [1.165, 1.54) is 0 Å². The number of esters is 1. The van der Waals surface area contributed by atoms with E-state index < -0.39 is 29.5 Å². The largest absolute Gasteiger partial charge is 0.515 e. The number of carbonyl (C=O) groups excluding carboxylic acids is 2. The summed E-state index contributed by atoms with van der Waals surface area (Å²) in [6.07, 6.45) is -1.39. The molecule has 102 valence electrons. The maximum Gasteiger partial charge on any atom is 0.515 e. The Morgan fingerprint density at radius 3 is 2.47 bits per heavy atom. The number of ether oxygens (including phenoxy) is 2. The average molecular weight is 267 g/mol. The minimum absolute atomic E-state index is 0.264. The number of hydrogen-bond donors (Lipinski definition) is 0. The van der Waals surface area contributed by atoms with E-state index in [0.29, 0.717) is 5.56 Å². The number of hydrogen-bond acceptors (Lipinski definition) is 6. The lowest BCUT2D eigenvalue weighted by molar-refractivity contribution is -0.483. The molecule has 0 saturated heterocycles. The van der Waals surface area contributed by atoms with Gasteiger partial charge < -0.3 is 9.47 Å². The van der Waals surface area contributed by atoms with E-state index in [9.17, 15) is 19.7 Å². The number of methoxy groups -OCH3 is 1. The van der Waals surface area contributed by atoms with Crippen LogP contribution >= 0.6 is 0 Å². The Morgan fingerprint density at radius 1 is 1.32 bits per heavy atom. The summed E-state index contributed by atoms with van der Waals surface area (Å²) < 4.78 is 8.48. The first-order valence-corrected chi connectivity index (χ1v) is 5.48. The molecule has 0 radical (unpaired) electrons. The number of rotatable bonds is 5. The van der Waals surface area contributed by atoms with Gasteiger partial charge in [0, 0.05) is 4.92 Å². The average Bonchev–Trinajstić information content (AvgIpc) is 2.38. The van der Waals surface area contributed by atoms with Gasteiger partial charge in [0.15, 0.2) is 0 Å². The highest BCUT2D eigenvalue weighted by Gasteiger charge is 2.23. The van der Waals surface area contributed by atoms with Crippen molar-refractivity contribution in [3.63, 3.8) is 0 Å². The summed E-state index contributed by atoms with van der Waals surface area (Å²) in [5, 5.41) is 10.6. The number of benzene rings is 1. The van der Waals surface area contributed by atoms with Crippen LogP contribution in [0.25, 0.3) is 0 Å². The molecular formula is C12H13NO6. The molecule has 0 aliphatic carbocycles. The lowest BCUT2D eigenvalue weighted by Gasteiger charge is -2.11. The van der Waals surface area contributed by atoms with Crippen LogP contribution in [0.15, 0.2) is 30.3 Å². The van der Waals surface area contributed by atoms with E-state index in [2.05, 4.69) is 9.47 Å². The van der Waals surface area contributed by atoms with Gasteiger partial charge in [-0.2, -0.15) is 0 Å². The Labute approximate surface area is 109 Å². The first-order chi connectivity index (χ1) is 9.02. The third-order valence-corrected chi connectivity index (χ3v) is 2.42. The maximum atomic E-state index is 11.4. The topological polar surface area (TPSA) is 95.7 Å². The van der Waals surface area contributed by atoms with Gasteiger partial charge in [0.1, 0.15) is 0 Å². The predicted octanol–water partition coefficient (Wildman–Crippen LogP) is 1.75. The number of nitro groups is 1. The van der Waals surface area contributed by atoms with Crippen LogP contribution < -0.4 is 0 Å². The van der Waals surface area contributed by atoms with Crippen LogP contribution in [0.3, 0.4) is 0 Å². The minimum Gasteiger partial charge on any atom is -0.437 e. The summed E-state index contributed by atoms with van der Waals surface area (Å²) in [6.45, 7) is -0.416. The Kier molecular flexibility index (Phi) is 5.46. The lowest BCUT2D eigenvalue weighted by Crippen LogP contribution is -2.20. The van der Waals surface area contributed by atoms with Crippen molar-refractivity contribution in [3.05, 3.63) is 46.0 Å². The van der Waals surface area contributed by atoms with Gasteiger partial charge in [-0.25, -0.2) is 4.79 Å². The lowest BCUT2D eigenvalue weighted by atomic mass is 9.96. The van der Waals surface area contributed by atoms with Gasteiger partial charge in [0.25, 0.3) is 0 Å². The molecule has 0 aliphatic rings. The zero-order valence-corrected chi connectivity index (χ0v) is 10.3. The molecule has 1 aromatic carbocycles. The van der Waals surface area contributed by atoms with E-state index in [1.54, 1.807) is 30.3 Å². The van der Waals surface area contributed by atoms with Gasteiger partial charge in [-0.05, 0) is 5.56 Å². The molecular weight excluding hydrogens is 254 g/mol. The number of nitrogens with zero attached hydrogens (tertiary/aromatic N) is 1. The van der Waals surface area contributed by atoms with Crippen molar-refractivity contribution in [2.75, 3.05) is 13.7 Å². The smallest absolute Gasteiger partial charge is 0.437 e. The highest BCUT2D eigenvalue weighted by atomic mass is 16.7. The molecule has 7 heteroatoms. The summed E-state index contributed by atoms with van der Waals surface area (Å²) in [5.74, 6) is -1.50. The molecule has 0 N–H and O–H groups in total. The van der Waals surface area contributed by atoms with Crippen LogP contribution in [0.5, 0.6) is 0 Å². The first kappa shape index (κ1) is 14.6. The predicted molar refractivity (Wildman–Crippen MR) is 64.2 cm³/mol. The van der Waals surface area contributed by atoms with Crippen molar-refractivity contribution in [1.29, 1.82) is 0 Å². The molecule has 1 atom stereocenters. The standard InChI is InChI=1S/C12H13NO6/c1-18-12(15)19-11(14)7-10(8-13(16)17)9-5-3-2-4-6-9/h2-6,10H,7-8H2,1H3. The first-order valence-electron chi connectivity index (χ1n) is 5.48. The Morgan fingerprint density at radius 2 is 1.95 bits per heavy atom. The fraction of sp³-hybridized carbons (Fsp3) is 0.333. The van der Waals surface area contributed by atoms with Crippen molar-refractivity contribution in [3.8, 4) is 0 Å². The molecule has 0 saturated carbocycles. The fourth-order valence-corrected chi connectivity index (χ4v) is 1.57. The molecule has 0 fully saturated rings. The quantitative estimate of drug-likeness (QED) is 0.349. The fourth-order valence-electron chi connectivity index (χ4n) is 1.57. The van der Waals surface area contributed by atoms with E-state index >= 15 is 0 Å². The van der Waals surface area contributed by atoms with Gasteiger partial charge in [-0.3, -0.25) is 14.9 Å². The highest BCUT2D eigenvalue weighted by molar-refractivity contribution is 5.82. The Bertz CT molecular complexity index is 459. The van der Waals surface area contributed by atoms with Crippen LogP contribution in [-0.2, 0) is 14.3 Å². The second-order valence-electron chi connectivity index (χ2n) is 3.76. The van der Waals surface area contributed by atoms with Crippen LogP contribution in [0.1, 0.15) is 17.9 Å². The minimum atomic E-state index is -1.13. The molecule has 0 amide bonds. The second kappa shape index (κ2) is 7.10. The Hall–Kier alpha value is -2.44. The molecule has 1 rings (SSSR count). The molecule has 1 aromatic rings. The van der Waals surface area contributed by atoms with Gasteiger partial charge in [-0.15, -0.1) is 0 Å². The van der Waals surface area contributed by atoms with Crippen molar-refractivity contribution in [2.24, 2.45) is 0 Å². The molecule has 0 aromatic heterocycles. The summed E-state index contributed by atoms with van der Waals surface area (Å²) in [4.78, 5) is 32.3. The van der Waals surface area contributed by atoms with Gasteiger partial charge in [0.2, 0.25) is 6.54 Å². The molecule has 7 nitrogen and oxygen atoms in total. The van der Waals surface area contributed by atoms with E-state index in [4.69, 9.17) is 0 Å². The normalized spacial score (nSPS) is 11.4. The van der Waals surface area contributed by atoms with Crippen molar-refractivity contribution < 1.29 is 24.0 Å². The third kappa shape index (κ3) is 5.15. The van der Waals surface area contributed by atoms with Crippen LogP contribution in [0, 0.1) is 10.1 Å². The van der Waals surface area contributed by atoms with Gasteiger partial charge in [0.05, 0.1) is 19.4 Å². The van der Waals surface area contributed by atoms with E-state index in [-0.39, 0.29) is 6.42 Å². The molecule has 0 aliphatic heterocycles.